The first-order valence-electron chi connectivity index (χ1n) is 5.46. The van der Waals surface area contributed by atoms with Crippen LogP contribution in [0, 0.1) is 0 Å². The van der Waals surface area contributed by atoms with E-state index in [1.165, 1.54) is 6.08 Å². The quantitative estimate of drug-likeness (QED) is 0.745. The van der Waals surface area contributed by atoms with Gasteiger partial charge in [-0.2, -0.15) is 0 Å². The topological polar surface area (TPSA) is 75.6 Å². The summed E-state index contributed by atoms with van der Waals surface area (Å²) in [7, 11) is 1.58. The summed E-state index contributed by atoms with van der Waals surface area (Å²) in [6, 6.07) is 6.94. The van der Waals surface area contributed by atoms with Crippen LogP contribution in [-0.4, -0.2) is 30.6 Å². The molecule has 0 fully saturated rings. The monoisotopic (exact) mass is 249 g/mol. The number of nitrogens with one attached hydrogen (secondary N) is 1. The van der Waals surface area contributed by atoms with E-state index < -0.39 is 5.97 Å². The number of carbonyl (C=O) groups is 2. The number of aliphatic carboxylic acids is 1. The Hall–Kier alpha value is -2.30. The molecule has 0 spiro atoms. The number of amides is 1. The molecule has 0 aliphatic carbocycles. The molecule has 1 aromatic carbocycles. The number of ether oxygens (including phenoxy) is 1. The molecule has 1 rings (SSSR count). The summed E-state index contributed by atoms with van der Waals surface area (Å²) in [5.41, 5.74) is 0.774. The number of rotatable bonds is 6. The van der Waals surface area contributed by atoms with E-state index in [9.17, 15) is 9.59 Å². The van der Waals surface area contributed by atoms with Gasteiger partial charge in [-0.1, -0.05) is 12.1 Å². The summed E-state index contributed by atoms with van der Waals surface area (Å²) in [5.74, 6) is -0.414. The standard InChI is InChI=1S/C13H15NO4/c1-14-12(15)8-9-18-11-5-2-10(3-6-11)4-7-13(16)17/h2-7H,8-9H2,1H3,(H,14,15)(H,16,17). The van der Waals surface area contributed by atoms with Crippen LogP contribution in [0.5, 0.6) is 5.75 Å². The van der Waals surface area contributed by atoms with Gasteiger partial charge in [0.25, 0.3) is 0 Å². The second kappa shape index (κ2) is 7.11. The molecule has 0 bridgehead atoms. The summed E-state index contributed by atoms with van der Waals surface area (Å²) < 4.78 is 5.36. The van der Waals surface area contributed by atoms with Crippen molar-refractivity contribution in [2.75, 3.05) is 13.7 Å². The number of carboxylic acid groups (broad SMARTS) is 1. The Labute approximate surface area is 105 Å². The minimum Gasteiger partial charge on any atom is -0.493 e. The third kappa shape index (κ3) is 5.16. The first kappa shape index (κ1) is 13.8. The Kier molecular flexibility index (Phi) is 5.44. The molecule has 5 heteroatoms. The van der Waals surface area contributed by atoms with Gasteiger partial charge in [-0.25, -0.2) is 4.79 Å². The maximum atomic E-state index is 10.9. The predicted molar refractivity (Wildman–Crippen MR) is 67.3 cm³/mol. The fourth-order valence-electron chi connectivity index (χ4n) is 1.23. The van der Waals surface area contributed by atoms with Crippen LogP contribution in [0.4, 0.5) is 0 Å². The SMILES string of the molecule is CNC(=O)CCOc1ccc(C=CC(=O)O)cc1. The second-order valence-electron chi connectivity index (χ2n) is 3.51. The fraction of sp³-hybridized carbons (Fsp3) is 0.231. The van der Waals surface area contributed by atoms with Crippen molar-refractivity contribution in [3.8, 4) is 5.75 Å². The molecular formula is C13H15NO4. The van der Waals surface area contributed by atoms with Gasteiger partial charge in [0, 0.05) is 13.1 Å². The molecule has 0 saturated heterocycles. The largest absolute Gasteiger partial charge is 0.493 e. The molecule has 5 nitrogen and oxygen atoms in total. The van der Waals surface area contributed by atoms with Crippen molar-refractivity contribution in [1.29, 1.82) is 0 Å². The molecule has 18 heavy (non-hydrogen) atoms. The Morgan fingerprint density at radius 1 is 1.33 bits per heavy atom. The van der Waals surface area contributed by atoms with E-state index in [1.54, 1.807) is 31.3 Å². The minimum atomic E-state index is -0.985. The molecule has 0 unspecified atom stereocenters. The van der Waals surface area contributed by atoms with E-state index in [2.05, 4.69) is 5.32 Å². The molecule has 0 aromatic heterocycles. The zero-order valence-corrected chi connectivity index (χ0v) is 10.1. The number of benzene rings is 1. The molecule has 96 valence electrons. The molecule has 0 aliphatic heterocycles. The van der Waals surface area contributed by atoms with E-state index in [1.807, 2.05) is 0 Å². The van der Waals surface area contributed by atoms with E-state index in [4.69, 9.17) is 9.84 Å². The normalized spacial score (nSPS) is 10.3. The number of carbonyl (C=O) groups excluding carboxylic acids is 1. The Morgan fingerprint density at radius 3 is 2.56 bits per heavy atom. The maximum absolute atomic E-state index is 10.9. The third-order valence-electron chi connectivity index (χ3n) is 2.18. The molecule has 2 N–H and O–H groups in total. The van der Waals surface area contributed by atoms with Crippen molar-refractivity contribution < 1.29 is 19.4 Å². The van der Waals surface area contributed by atoms with Gasteiger partial charge in [0.1, 0.15) is 5.75 Å². The van der Waals surface area contributed by atoms with Gasteiger partial charge in [0.2, 0.25) is 5.91 Å². The average Bonchev–Trinajstić information content (AvgIpc) is 2.37. The predicted octanol–water partition coefficient (Wildman–Crippen LogP) is 1.30. The molecule has 0 atom stereocenters. The average molecular weight is 249 g/mol. The van der Waals surface area contributed by atoms with Crippen LogP contribution in [-0.2, 0) is 9.59 Å². The first-order valence-corrected chi connectivity index (χ1v) is 5.46. The summed E-state index contributed by atoms with van der Waals surface area (Å²) >= 11 is 0. The Bertz CT molecular complexity index is 437. The molecule has 1 aromatic rings. The summed E-state index contributed by atoms with van der Waals surface area (Å²) in [4.78, 5) is 21.3. The second-order valence-corrected chi connectivity index (χ2v) is 3.51. The Balaban J connectivity index is 2.45. The van der Waals surface area contributed by atoms with Crippen LogP contribution in [0.3, 0.4) is 0 Å². The lowest BCUT2D eigenvalue weighted by Gasteiger charge is -2.05. The Morgan fingerprint density at radius 2 is 2.00 bits per heavy atom. The van der Waals surface area contributed by atoms with E-state index in [-0.39, 0.29) is 5.91 Å². The van der Waals surface area contributed by atoms with Gasteiger partial charge < -0.3 is 15.2 Å². The van der Waals surface area contributed by atoms with Crippen molar-refractivity contribution >= 4 is 18.0 Å². The van der Waals surface area contributed by atoms with Crippen LogP contribution in [0.25, 0.3) is 6.08 Å². The highest BCUT2D eigenvalue weighted by Crippen LogP contribution is 2.13. The van der Waals surface area contributed by atoms with E-state index in [0.717, 1.165) is 11.6 Å². The van der Waals surface area contributed by atoms with Crippen molar-refractivity contribution in [2.45, 2.75) is 6.42 Å². The summed E-state index contributed by atoms with van der Waals surface area (Å²) in [6.07, 6.45) is 2.87. The van der Waals surface area contributed by atoms with Crippen molar-refractivity contribution in [2.24, 2.45) is 0 Å². The zero-order valence-electron chi connectivity index (χ0n) is 10.1. The van der Waals surface area contributed by atoms with E-state index >= 15 is 0 Å². The molecular weight excluding hydrogens is 234 g/mol. The number of hydrogen-bond donors (Lipinski definition) is 2. The van der Waals surface area contributed by atoms with Crippen LogP contribution >= 0.6 is 0 Å². The molecule has 1 amide bonds. The number of carboxylic acids is 1. The minimum absolute atomic E-state index is 0.0731. The highest BCUT2D eigenvalue weighted by Gasteiger charge is 1.99. The van der Waals surface area contributed by atoms with Gasteiger partial charge >= 0.3 is 5.97 Å². The lowest BCUT2D eigenvalue weighted by Crippen LogP contribution is -2.20. The van der Waals surface area contributed by atoms with Crippen molar-refractivity contribution in [3.05, 3.63) is 35.9 Å². The smallest absolute Gasteiger partial charge is 0.328 e. The van der Waals surface area contributed by atoms with Crippen LogP contribution in [0.1, 0.15) is 12.0 Å². The maximum Gasteiger partial charge on any atom is 0.328 e. The third-order valence-corrected chi connectivity index (χ3v) is 2.18. The summed E-state index contributed by atoms with van der Waals surface area (Å²) in [5, 5.41) is 11.0. The first-order chi connectivity index (χ1) is 8.61. The van der Waals surface area contributed by atoms with E-state index in [0.29, 0.717) is 18.8 Å². The lowest BCUT2D eigenvalue weighted by atomic mass is 10.2. The van der Waals surface area contributed by atoms with Crippen LogP contribution in [0.15, 0.2) is 30.3 Å². The van der Waals surface area contributed by atoms with Crippen molar-refractivity contribution in [3.63, 3.8) is 0 Å². The zero-order chi connectivity index (χ0) is 13.4. The van der Waals surface area contributed by atoms with Crippen LogP contribution < -0.4 is 10.1 Å². The van der Waals surface area contributed by atoms with Gasteiger partial charge in [0.15, 0.2) is 0 Å². The van der Waals surface area contributed by atoms with Gasteiger partial charge in [0.05, 0.1) is 13.0 Å². The van der Waals surface area contributed by atoms with Gasteiger partial charge in [-0.3, -0.25) is 4.79 Å². The lowest BCUT2D eigenvalue weighted by molar-refractivity contribution is -0.131. The highest BCUT2D eigenvalue weighted by atomic mass is 16.5. The highest BCUT2D eigenvalue weighted by molar-refractivity contribution is 5.85. The fourth-order valence-corrected chi connectivity index (χ4v) is 1.23. The van der Waals surface area contributed by atoms with Gasteiger partial charge in [-0.15, -0.1) is 0 Å². The molecule has 0 heterocycles. The van der Waals surface area contributed by atoms with Gasteiger partial charge in [-0.05, 0) is 23.8 Å². The van der Waals surface area contributed by atoms with Crippen molar-refractivity contribution in [1.82, 2.24) is 5.32 Å². The molecule has 0 aliphatic rings. The van der Waals surface area contributed by atoms with Crippen LogP contribution in [0.2, 0.25) is 0 Å². The number of hydrogen-bond acceptors (Lipinski definition) is 3. The summed E-state index contributed by atoms with van der Waals surface area (Å²) in [6.45, 7) is 0.310. The molecule has 0 radical (unpaired) electrons. The molecule has 0 saturated carbocycles.